The first kappa shape index (κ1) is 28.0. The molecule has 0 heterocycles. The summed E-state index contributed by atoms with van der Waals surface area (Å²) >= 11 is 0.193. The first-order chi connectivity index (χ1) is 16.5. The Balaban J connectivity index is 1.81. The zero-order valence-electron chi connectivity index (χ0n) is 23.4. The standard InChI is InChI=1S/C32H46O2Se/c1-19(2)25-17-28(21(5)6)31(29(18-25)22(7)8)35-26-13-11-24(12-14-26)32(33)34-30-16-23(9)10-15-27(30)20(3)4/h11-14,17-23,27,30H,10,15-16H2,1-9H3/t23-,27+,30-/m0/s1. The van der Waals surface area contributed by atoms with Crippen LogP contribution in [0.2, 0.25) is 0 Å². The number of carbonyl (C=O) groups is 1. The summed E-state index contributed by atoms with van der Waals surface area (Å²) in [6, 6.07) is 13.1. The third kappa shape index (κ3) is 7.01. The van der Waals surface area contributed by atoms with E-state index in [0.29, 0.717) is 41.1 Å². The molecule has 0 radical (unpaired) electrons. The summed E-state index contributed by atoms with van der Waals surface area (Å²) < 4.78 is 8.90. The minimum absolute atomic E-state index is 0.0387. The molecular formula is C32H46O2Se. The van der Waals surface area contributed by atoms with Gasteiger partial charge in [0, 0.05) is 0 Å². The van der Waals surface area contributed by atoms with Crippen LogP contribution in [0.15, 0.2) is 36.4 Å². The molecule has 1 aliphatic carbocycles. The van der Waals surface area contributed by atoms with Gasteiger partial charge in [0.1, 0.15) is 0 Å². The molecule has 1 fully saturated rings. The van der Waals surface area contributed by atoms with E-state index in [-0.39, 0.29) is 27.0 Å². The van der Waals surface area contributed by atoms with Crippen LogP contribution in [0.25, 0.3) is 0 Å². The van der Waals surface area contributed by atoms with Crippen LogP contribution in [0.3, 0.4) is 0 Å². The van der Waals surface area contributed by atoms with Gasteiger partial charge in [-0.15, -0.1) is 0 Å². The van der Waals surface area contributed by atoms with E-state index in [1.54, 1.807) is 0 Å². The van der Waals surface area contributed by atoms with E-state index in [0.717, 1.165) is 12.8 Å². The van der Waals surface area contributed by atoms with E-state index in [9.17, 15) is 4.79 Å². The van der Waals surface area contributed by atoms with Gasteiger partial charge in [-0.1, -0.05) is 0 Å². The van der Waals surface area contributed by atoms with E-state index >= 15 is 0 Å². The van der Waals surface area contributed by atoms with Crippen molar-refractivity contribution < 1.29 is 9.53 Å². The summed E-state index contributed by atoms with van der Waals surface area (Å²) in [7, 11) is 0. The molecule has 3 heteroatoms. The zero-order chi connectivity index (χ0) is 25.9. The number of hydrogen-bond donors (Lipinski definition) is 0. The van der Waals surface area contributed by atoms with Crippen molar-refractivity contribution in [2.24, 2.45) is 17.8 Å². The van der Waals surface area contributed by atoms with Crippen LogP contribution in [0.5, 0.6) is 0 Å². The normalized spacial score (nSPS) is 20.8. The van der Waals surface area contributed by atoms with Crippen molar-refractivity contribution >= 4 is 29.8 Å². The van der Waals surface area contributed by atoms with Gasteiger partial charge in [-0.05, 0) is 0 Å². The minimum atomic E-state index is -0.166. The topological polar surface area (TPSA) is 26.3 Å². The van der Waals surface area contributed by atoms with E-state index < -0.39 is 0 Å². The second-order valence-corrected chi connectivity index (χ2v) is 14.2. The second kappa shape index (κ2) is 12.1. The maximum absolute atomic E-state index is 13.0. The number of benzene rings is 2. The predicted octanol–water partition coefficient (Wildman–Crippen LogP) is 7.33. The molecule has 0 saturated heterocycles. The molecule has 0 N–H and O–H groups in total. The molecule has 35 heavy (non-hydrogen) atoms. The third-order valence-corrected chi connectivity index (χ3v) is 10.1. The van der Waals surface area contributed by atoms with Gasteiger partial charge in [-0.3, -0.25) is 0 Å². The number of rotatable bonds is 8. The predicted molar refractivity (Wildman–Crippen MR) is 151 cm³/mol. The second-order valence-electron chi connectivity index (χ2n) is 11.9. The molecule has 0 spiro atoms. The van der Waals surface area contributed by atoms with Gasteiger partial charge < -0.3 is 0 Å². The van der Waals surface area contributed by atoms with Crippen LogP contribution in [-0.2, 0) is 4.74 Å². The fraction of sp³-hybridized carbons (Fsp3) is 0.594. The Hall–Kier alpha value is -1.57. The molecule has 0 amide bonds. The van der Waals surface area contributed by atoms with Crippen molar-refractivity contribution in [2.75, 3.05) is 0 Å². The quantitative estimate of drug-likeness (QED) is 0.258. The molecule has 3 rings (SSSR count). The van der Waals surface area contributed by atoms with Gasteiger partial charge >= 0.3 is 221 Å². The van der Waals surface area contributed by atoms with Gasteiger partial charge in [0.15, 0.2) is 0 Å². The summed E-state index contributed by atoms with van der Waals surface area (Å²) in [4.78, 5) is 13.0. The van der Waals surface area contributed by atoms with Crippen LogP contribution in [0, 0.1) is 17.8 Å². The molecule has 1 saturated carbocycles. The average Bonchev–Trinajstić information content (AvgIpc) is 2.78. The Labute approximate surface area is 220 Å². The number of hydrogen-bond acceptors (Lipinski definition) is 2. The third-order valence-electron chi connectivity index (χ3n) is 7.61. The van der Waals surface area contributed by atoms with Crippen molar-refractivity contribution in [3.05, 3.63) is 58.7 Å². The molecule has 0 bridgehead atoms. The maximum atomic E-state index is 13.0. The van der Waals surface area contributed by atoms with Gasteiger partial charge in [-0.2, -0.15) is 0 Å². The molecule has 2 aromatic rings. The van der Waals surface area contributed by atoms with Crippen molar-refractivity contribution in [1.82, 2.24) is 0 Å². The van der Waals surface area contributed by atoms with E-state index in [2.05, 4.69) is 86.6 Å². The molecular weight excluding hydrogens is 495 g/mol. The monoisotopic (exact) mass is 542 g/mol. The Morgan fingerprint density at radius 2 is 1.43 bits per heavy atom. The van der Waals surface area contributed by atoms with Crippen LogP contribution < -0.4 is 8.92 Å². The van der Waals surface area contributed by atoms with Crippen molar-refractivity contribution in [2.45, 2.75) is 105 Å². The first-order valence-corrected chi connectivity index (χ1v) is 15.4. The van der Waals surface area contributed by atoms with Gasteiger partial charge in [0.05, 0.1) is 0 Å². The van der Waals surface area contributed by atoms with Gasteiger partial charge in [0.25, 0.3) is 0 Å². The van der Waals surface area contributed by atoms with Crippen LogP contribution in [-0.4, -0.2) is 27.0 Å². The fourth-order valence-electron chi connectivity index (χ4n) is 5.24. The summed E-state index contributed by atoms with van der Waals surface area (Å²) in [5, 5.41) is 0. The Kier molecular flexibility index (Phi) is 9.69. The molecule has 0 unspecified atom stereocenters. The van der Waals surface area contributed by atoms with Crippen molar-refractivity contribution in [3.8, 4) is 0 Å². The summed E-state index contributed by atoms with van der Waals surface area (Å²) in [6.45, 7) is 20.6. The summed E-state index contributed by atoms with van der Waals surface area (Å²) in [5.74, 6) is 2.97. The Morgan fingerprint density at radius 1 is 0.857 bits per heavy atom. The number of esters is 1. The molecule has 1 aliphatic rings. The number of ether oxygens (including phenoxy) is 1. The zero-order valence-corrected chi connectivity index (χ0v) is 25.1. The van der Waals surface area contributed by atoms with E-state index in [1.165, 1.54) is 32.0 Å². The Bertz CT molecular complexity index is 958. The molecule has 3 atom stereocenters. The Morgan fingerprint density at radius 3 is 1.91 bits per heavy atom. The first-order valence-electron chi connectivity index (χ1n) is 13.6. The molecule has 2 nitrogen and oxygen atoms in total. The molecule has 0 aliphatic heterocycles. The average molecular weight is 542 g/mol. The molecule has 192 valence electrons. The van der Waals surface area contributed by atoms with Crippen LogP contribution in [0.4, 0.5) is 0 Å². The summed E-state index contributed by atoms with van der Waals surface area (Å²) in [5.41, 5.74) is 5.07. The summed E-state index contributed by atoms with van der Waals surface area (Å²) in [6.07, 6.45) is 3.42. The molecule has 0 aromatic heterocycles. The van der Waals surface area contributed by atoms with Crippen LogP contribution >= 0.6 is 0 Å². The fourth-order valence-corrected chi connectivity index (χ4v) is 8.04. The van der Waals surface area contributed by atoms with Crippen molar-refractivity contribution in [1.29, 1.82) is 0 Å². The van der Waals surface area contributed by atoms with E-state index in [4.69, 9.17) is 4.74 Å². The molecule has 2 aromatic carbocycles. The van der Waals surface area contributed by atoms with Gasteiger partial charge in [-0.25, -0.2) is 0 Å². The van der Waals surface area contributed by atoms with Crippen LogP contribution in [0.1, 0.15) is 126 Å². The van der Waals surface area contributed by atoms with E-state index in [1.807, 2.05) is 12.1 Å². The SMILES string of the molecule is CC(C)c1cc(C(C)C)c([Se]c2ccc(C(=O)O[C@H]3C[C@@H](C)CC[C@@H]3C(C)C)cc2)c(C(C)C)c1. The number of carbonyl (C=O) groups excluding carboxylic acids is 1. The van der Waals surface area contributed by atoms with Crippen molar-refractivity contribution in [3.63, 3.8) is 0 Å². The van der Waals surface area contributed by atoms with Gasteiger partial charge in [0.2, 0.25) is 0 Å².